The molecule has 0 atom stereocenters. The molecule has 0 amide bonds. The highest BCUT2D eigenvalue weighted by molar-refractivity contribution is 7.21. The summed E-state index contributed by atoms with van der Waals surface area (Å²) in [6, 6.07) is 73.3. The highest BCUT2D eigenvalue weighted by atomic mass is 28.3. The third-order valence-electron chi connectivity index (χ3n) is 13.1. The molecule has 0 N–H and O–H groups in total. The quantitative estimate of drug-likeness (QED) is 0.163. The van der Waals surface area contributed by atoms with Crippen LogP contribution >= 0.6 is 0 Å². The fraction of sp³-hybridized carbons (Fsp3) is 0.0545. The molecule has 0 saturated carbocycles. The molecule has 0 unspecified atom stereocenters. The summed E-state index contributed by atoms with van der Waals surface area (Å²) in [5, 5.41) is 7.59. The molecule has 0 bridgehead atoms. The maximum Gasteiger partial charge on any atom is 0.203 e. The Morgan fingerprint density at radius 1 is 0.458 bits per heavy atom. The van der Waals surface area contributed by atoms with Crippen LogP contribution < -0.4 is 20.9 Å². The van der Waals surface area contributed by atoms with Crippen LogP contribution in [0, 0.1) is 0 Å². The van der Waals surface area contributed by atoms with Gasteiger partial charge < -0.3 is 4.57 Å². The number of para-hydroxylation sites is 2. The Balaban J connectivity index is 1.22. The number of benzene rings is 8. The van der Waals surface area contributed by atoms with E-state index in [9.17, 15) is 0 Å². The predicted octanol–water partition coefficient (Wildman–Crippen LogP) is 10.6. The summed E-state index contributed by atoms with van der Waals surface area (Å²) in [5.41, 5.74) is 14.1. The summed E-state index contributed by atoms with van der Waals surface area (Å²) < 4.78 is 2.50. The van der Waals surface area contributed by atoms with Gasteiger partial charge in [-0.25, -0.2) is 9.97 Å². The van der Waals surface area contributed by atoms with Crippen molar-refractivity contribution in [2.45, 2.75) is 19.3 Å². The van der Waals surface area contributed by atoms with Gasteiger partial charge in [0.25, 0.3) is 0 Å². The highest BCUT2D eigenvalue weighted by Crippen LogP contribution is 2.53. The minimum atomic E-state index is -2.95. The van der Waals surface area contributed by atoms with E-state index in [1.54, 1.807) is 0 Å². The lowest BCUT2D eigenvalue weighted by Gasteiger charge is -2.30. The smallest absolute Gasteiger partial charge is 0.203 e. The fourth-order valence-corrected chi connectivity index (χ4v) is 15.5. The molecule has 10 aromatic rings. The van der Waals surface area contributed by atoms with E-state index in [-0.39, 0.29) is 5.41 Å². The Morgan fingerprint density at radius 3 is 1.80 bits per heavy atom. The number of hydrogen-bond donors (Lipinski definition) is 0. The minimum Gasteiger partial charge on any atom is -0.308 e. The molecular weight excluding hydrogens is 731 g/mol. The second kappa shape index (κ2) is 12.7. The molecule has 0 fully saturated rings. The van der Waals surface area contributed by atoms with Crippen LogP contribution in [0.25, 0.3) is 72.4 Å². The zero-order valence-electron chi connectivity index (χ0n) is 32.9. The van der Waals surface area contributed by atoms with Crippen molar-refractivity contribution in [1.82, 2.24) is 14.5 Å². The van der Waals surface area contributed by atoms with Crippen LogP contribution in [0.2, 0.25) is 0 Å². The number of fused-ring (bicyclic) bond motifs is 10. The van der Waals surface area contributed by atoms with Gasteiger partial charge >= 0.3 is 0 Å². The van der Waals surface area contributed by atoms with Crippen molar-refractivity contribution >= 4 is 50.8 Å². The molecule has 1 aliphatic heterocycles. The Bertz CT molecular complexity index is 3250. The van der Waals surface area contributed by atoms with E-state index in [1.165, 1.54) is 65.2 Å². The Morgan fingerprint density at radius 2 is 1.05 bits per heavy atom. The lowest BCUT2D eigenvalue weighted by Crippen LogP contribution is -2.73. The van der Waals surface area contributed by atoms with Crippen molar-refractivity contribution in [3.05, 3.63) is 211 Å². The van der Waals surface area contributed by atoms with Crippen LogP contribution in [0.5, 0.6) is 0 Å². The van der Waals surface area contributed by atoms with Crippen LogP contribution in [-0.4, -0.2) is 22.6 Å². The molecule has 59 heavy (non-hydrogen) atoms. The topological polar surface area (TPSA) is 30.7 Å². The average Bonchev–Trinajstić information content (AvgIpc) is 3.88. The van der Waals surface area contributed by atoms with Crippen molar-refractivity contribution in [3.8, 4) is 50.6 Å². The standard InChI is InChI=1S/C55H39N3Si/c1-55(2)44-30-16-12-27-41(44)49-45(55)35-34-40-39-26-13-17-31-46(39)58(52(40)49)47-32-18-14-28-42(47)53-56-51(36-20-6-3-7-21-36)50-43-29-15-19-33-48(43)59(54(50)57-53,37-22-8-4-9-23-37)38-24-10-5-11-25-38/h3-35H,1-2H3. The lowest BCUT2D eigenvalue weighted by atomic mass is 9.82. The van der Waals surface area contributed by atoms with Crippen LogP contribution in [0.15, 0.2) is 200 Å². The van der Waals surface area contributed by atoms with Crippen LogP contribution in [0.1, 0.15) is 25.0 Å². The third-order valence-corrected chi connectivity index (χ3v) is 17.8. The molecule has 3 nitrogen and oxygen atoms in total. The molecule has 0 saturated heterocycles. The molecule has 2 aliphatic rings. The Kier molecular flexibility index (Phi) is 7.29. The summed E-state index contributed by atoms with van der Waals surface area (Å²) in [6.45, 7) is 4.73. The number of nitrogens with zero attached hydrogens (tertiary/aromatic N) is 3. The van der Waals surface area contributed by atoms with E-state index in [1.807, 2.05) is 0 Å². The van der Waals surface area contributed by atoms with Gasteiger partial charge in [-0.1, -0.05) is 196 Å². The summed E-state index contributed by atoms with van der Waals surface area (Å²) in [4.78, 5) is 11.6. The number of hydrogen-bond acceptors (Lipinski definition) is 2. The van der Waals surface area contributed by atoms with E-state index < -0.39 is 8.07 Å². The Labute approximate surface area is 345 Å². The fourth-order valence-electron chi connectivity index (χ4n) is 10.5. The first-order chi connectivity index (χ1) is 29.1. The van der Waals surface area contributed by atoms with Gasteiger partial charge in [-0.2, -0.15) is 0 Å². The largest absolute Gasteiger partial charge is 0.308 e. The van der Waals surface area contributed by atoms with Gasteiger partial charge in [0.15, 0.2) is 5.82 Å². The molecule has 8 aromatic carbocycles. The molecule has 0 radical (unpaired) electrons. The molecule has 1 aliphatic carbocycles. The lowest BCUT2D eigenvalue weighted by molar-refractivity contribution is 0.661. The molecule has 12 rings (SSSR count). The maximum atomic E-state index is 5.93. The predicted molar refractivity (Wildman–Crippen MR) is 247 cm³/mol. The van der Waals surface area contributed by atoms with Gasteiger partial charge in [-0.15, -0.1) is 0 Å². The molecule has 278 valence electrons. The van der Waals surface area contributed by atoms with Crippen molar-refractivity contribution in [2.24, 2.45) is 0 Å². The molecule has 3 heterocycles. The first-order valence-corrected chi connectivity index (χ1v) is 22.5. The zero-order chi connectivity index (χ0) is 39.3. The Hall–Kier alpha value is -7.14. The van der Waals surface area contributed by atoms with Gasteiger partial charge in [-0.05, 0) is 56.0 Å². The SMILES string of the molecule is CC1(C)c2ccccc2-c2c1ccc1c3ccccc3n(-c3ccccc3-c3nc(-c4ccccc4)c4c(n3)[Si](c3ccccc3)(c3ccccc3)c3ccccc3-4)c21. The molecule has 2 aromatic heterocycles. The highest BCUT2D eigenvalue weighted by Gasteiger charge is 2.51. The van der Waals surface area contributed by atoms with Gasteiger partial charge in [0.1, 0.15) is 0 Å². The van der Waals surface area contributed by atoms with Crippen molar-refractivity contribution in [2.75, 3.05) is 0 Å². The molecule has 4 heteroatoms. The van der Waals surface area contributed by atoms with E-state index >= 15 is 0 Å². The van der Waals surface area contributed by atoms with E-state index in [4.69, 9.17) is 9.97 Å². The van der Waals surface area contributed by atoms with Crippen molar-refractivity contribution in [3.63, 3.8) is 0 Å². The van der Waals surface area contributed by atoms with Crippen LogP contribution in [-0.2, 0) is 5.41 Å². The van der Waals surface area contributed by atoms with Crippen molar-refractivity contribution in [1.29, 1.82) is 0 Å². The first kappa shape index (κ1) is 33.9. The molecular formula is C55H39N3Si. The summed E-state index contributed by atoms with van der Waals surface area (Å²) in [5.74, 6) is 0.731. The van der Waals surface area contributed by atoms with E-state index in [0.29, 0.717) is 0 Å². The van der Waals surface area contributed by atoms with E-state index in [0.717, 1.165) is 39.2 Å². The molecule has 0 spiro atoms. The average molecular weight is 770 g/mol. The normalized spacial score (nSPS) is 14.2. The first-order valence-electron chi connectivity index (χ1n) is 20.5. The van der Waals surface area contributed by atoms with E-state index in [2.05, 4.69) is 219 Å². The monoisotopic (exact) mass is 769 g/mol. The minimum absolute atomic E-state index is 0.132. The summed E-state index contributed by atoms with van der Waals surface area (Å²) in [6.07, 6.45) is 0. The van der Waals surface area contributed by atoms with Gasteiger partial charge in [0.2, 0.25) is 8.07 Å². The van der Waals surface area contributed by atoms with Crippen LogP contribution in [0.4, 0.5) is 0 Å². The second-order valence-electron chi connectivity index (χ2n) is 16.4. The maximum absolute atomic E-state index is 5.93. The van der Waals surface area contributed by atoms with Gasteiger partial charge in [-0.3, -0.25) is 0 Å². The number of rotatable bonds is 5. The summed E-state index contributed by atoms with van der Waals surface area (Å²) in [7, 11) is -2.95. The summed E-state index contributed by atoms with van der Waals surface area (Å²) >= 11 is 0. The second-order valence-corrected chi connectivity index (χ2v) is 20.1. The third kappa shape index (κ3) is 4.63. The zero-order valence-corrected chi connectivity index (χ0v) is 33.9. The van der Waals surface area contributed by atoms with Crippen molar-refractivity contribution < 1.29 is 0 Å². The van der Waals surface area contributed by atoms with Crippen LogP contribution in [0.3, 0.4) is 0 Å². The van der Waals surface area contributed by atoms with Gasteiger partial charge in [0, 0.05) is 38.4 Å². The number of aromatic nitrogens is 3. The van der Waals surface area contributed by atoms with Gasteiger partial charge in [0.05, 0.1) is 27.7 Å².